The topological polar surface area (TPSA) is 26.0 Å². The molecule has 1 nitrogen and oxygen atoms in total. The molecule has 84 valence electrons. The first kappa shape index (κ1) is 12.3. The first-order chi connectivity index (χ1) is 6.79. The van der Waals surface area contributed by atoms with Gasteiger partial charge in [-0.1, -0.05) is 26.8 Å². The van der Waals surface area contributed by atoms with Crippen molar-refractivity contribution in [2.24, 2.45) is 5.73 Å². The molecule has 2 N–H and O–H groups in total. The number of benzene rings is 1. The van der Waals surface area contributed by atoms with Crippen LogP contribution in [0.3, 0.4) is 0 Å². The molecule has 1 heteroatoms. The van der Waals surface area contributed by atoms with Crippen molar-refractivity contribution in [2.45, 2.75) is 53.5 Å². The van der Waals surface area contributed by atoms with E-state index < -0.39 is 0 Å². The second-order valence-corrected chi connectivity index (χ2v) is 5.44. The molecular weight excluding hydrogens is 182 g/mol. The number of aryl methyl sites for hydroxylation is 2. The van der Waals surface area contributed by atoms with E-state index in [4.69, 9.17) is 5.73 Å². The fraction of sp³-hybridized carbons (Fsp3) is 0.571. The fourth-order valence-corrected chi connectivity index (χ4v) is 2.69. The van der Waals surface area contributed by atoms with Gasteiger partial charge in [-0.05, 0) is 54.0 Å². The van der Waals surface area contributed by atoms with Crippen molar-refractivity contribution >= 4 is 0 Å². The molecule has 0 atom stereocenters. The average molecular weight is 205 g/mol. The summed E-state index contributed by atoms with van der Waals surface area (Å²) < 4.78 is 0. The van der Waals surface area contributed by atoms with Gasteiger partial charge < -0.3 is 5.73 Å². The summed E-state index contributed by atoms with van der Waals surface area (Å²) >= 11 is 0. The molecule has 0 amide bonds. The van der Waals surface area contributed by atoms with E-state index in [2.05, 4.69) is 47.6 Å². The van der Waals surface area contributed by atoms with Crippen LogP contribution in [0.5, 0.6) is 0 Å². The third-order valence-electron chi connectivity index (χ3n) is 3.09. The molecule has 1 rings (SSSR count). The zero-order chi connectivity index (χ0) is 11.8. The normalized spacial score (nSPS) is 11.9. The summed E-state index contributed by atoms with van der Waals surface area (Å²) in [4.78, 5) is 0. The first-order valence-electron chi connectivity index (χ1n) is 5.59. The van der Waals surface area contributed by atoms with Gasteiger partial charge in [-0.25, -0.2) is 0 Å². The van der Waals surface area contributed by atoms with Crippen molar-refractivity contribution in [3.8, 4) is 0 Å². The van der Waals surface area contributed by atoms with Crippen LogP contribution in [-0.2, 0) is 12.0 Å². The molecule has 0 fully saturated rings. The maximum Gasteiger partial charge on any atom is 0.0183 e. The van der Waals surface area contributed by atoms with E-state index in [-0.39, 0.29) is 5.41 Å². The van der Waals surface area contributed by atoms with Crippen LogP contribution in [0, 0.1) is 20.8 Å². The summed E-state index contributed by atoms with van der Waals surface area (Å²) in [5, 5.41) is 0. The maximum absolute atomic E-state index is 5.81. The minimum Gasteiger partial charge on any atom is -0.326 e. The number of rotatable bonds is 1. The van der Waals surface area contributed by atoms with E-state index in [0.29, 0.717) is 6.54 Å². The van der Waals surface area contributed by atoms with Crippen LogP contribution in [0.4, 0.5) is 0 Å². The predicted molar refractivity (Wildman–Crippen MR) is 67.2 cm³/mol. The molecule has 0 saturated carbocycles. The van der Waals surface area contributed by atoms with Gasteiger partial charge in [0, 0.05) is 6.54 Å². The smallest absolute Gasteiger partial charge is 0.0183 e. The molecule has 1 aromatic rings. The molecular formula is C14H23N. The minimum atomic E-state index is 0.200. The lowest BCUT2D eigenvalue weighted by Gasteiger charge is -2.27. The lowest BCUT2D eigenvalue weighted by molar-refractivity contribution is 0.580. The summed E-state index contributed by atoms with van der Waals surface area (Å²) in [7, 11) is 0. The van der Waals surface area contributed by atoms with Gasteiger partial charge in [0.05, 0.1) is 0 Å². The van der Waals surface area contributed by atoms with E-state index in [1.807, 2.05) is 0 Å². The van der Waals surface area contributed by atoms with Gasteiger partial charge in [0.15, 0.2) is 0 Å². The second-order valence-electron chi connectivity index (χ2n) is 5.44. The Morgan fingerprint density at radius 3 is 2.00 bits per heavy atom. The summed E-state index contributed by atoms with van der Waals surface area (Å²) in [5.41, 5.74) is 12.9. The van der Waals surface area contributed by atoms with Crippen LogP contribution < -0.4 is 5.73 Å². The zero-order valence-electron chi connectivity index (χ0n) is 10.9. The highest BCUT2D eigenvalue weighted by molar-refractivity contribution is 5.47. The Balaban J connectivity index is 3.53. The highest BCUT2D eigenvalue weighted by Crippen LogP contribution is 2.32. The first-order valence-corrected chi connectivity index (χ1v) is 5.59. The lowest BCUT2D eigenvalue weighted by Crippen LogP contribution is -2.18. The monoisotopic (exact) mass is 205 g/mol. The Kier molecular flexibility index (Phi) is 3.25. The summed E-state index contributed by atoms with van der Waals surface area (Å²) in [5.74, 6) is 0. The Bertz CT molecular complexity index is 370. The van der Waals surface area contributed by atoms with Crippen molar-refractivity contribution in [1.82, 2.24) is 0 Å². The minimum absolute atomic E-state index is 0.200. The molecule has 0 aliphatic carbocycles. The molecule has 0 unspecified atom stereocenters. The third kappa shape index (κ3) is 2.23. The van der Waals surface area contributed by atoms with E-state index in [1.165, 1.54) is 27.8 Å². The molecule has 0 bridgehead atoms. The van der Waals surface area contributed by atoms with Crippen LogP contribution in [0.15, 0.2) is 6.07 Å². The average Bonchev–Trinajstić information content (AvgIpc) is 2.00. The van der Waals surface area contributed by atoms with E-state index in [0.717, 1.165) is 0 Å². The van der Waals surface area contributed by atoms with Crippen molar-refractivity contribution in [3.05, 3.63) is 33.9 Å². The van der Waals surface area contributed by atoms with Gasteiger partial charge in [-0.15, -0.1) is 0 Å². The largest absolute Gasteiger partial charge is 0.326 e. The molecule has 0 spiro atoms. The highest BCUT2D eigenvalue weighted by atomic mass is 14.5. The molecule has 15 heavy (non-hydrogen) atoms. The summed E-state index contributed by atoms with van der Waals surface area (Å²) in [6.07, 6.45) is 0. The predicted octanol–water partition coefficient (Wildman–Crippen LogP) is 3.37. The number of hydrogen-bond acceptors (Lipinski definition) is 1. The van der Waals surface area contributed by atoms with E-state index in [9.17, 15) is 0 Å². The van der Waals surface area contributed by atoms with Crippen LogP contribution in [0.25, 0.3) is 0 Å². The molecule has 0 aromatic heterocycles. The Morgan fingerprint density at radius 2 is 1.60 bits per heavy atom. The number of nitrogens with two attached hydrogens (primary N) is 1. The van der Waals surface area contributed by atoms with Gasteiger partial charge >= 0.3 is 0 Å². The van der Waals surface area contributed by atoms with Crippen molar-refractivity contribution < 1.29 is 0 Å². The SMILES string of the molecule is Cc1cc(C)c(C(C)(C)C)c(C)c1CN. The van der Waals surface area contributed by atoms with Gasteiger partial charge in [0.2, 0.25) is 0 Å². The van der Waals surface area contributed by atoms with Crippen molar-refractivity contribution in [2.75, 3.05) is 0 Å². The molecule has 0 saturated heterocycles. The fourth-order valence-electron chi connectivity index (χ4n) is 2.69. The van der Waals surface area contributed by atoms with Gasteiger partial charge in [-0.3, -0.25) is 0 Å². The molecule has 0 radical (unpaired) electrons. The maximum atomic E-state index is 5.81. The van der Waals surface area contributed by atoms with Crippen LogP contribution in [0.2, 0.25) is 0 Å². The lowest BCUT2D eigenvalue weighted by atomic mass is 9.78. The third-order valence-corrected chi connectivity index (χ3v) is 3.09. The highest BCUT2D eigenvalue weighted by Gasteiger charge is 2.20. The van der Waals surface area contributed by atoms with Gasteiger partial charge in [0.1, 0.15) is 0 Å². The Labute approximate surface area is 93.7 Å². The van der Waals surface area contributed by atoms with Crippen LogP contribution in [-0.4, -0.2) is 0 Å². The van der Waals surface area contributed by atoms with Gasteiger partial charge in [0.25, 0.3) is 0 Å². The molecule has 0 aliphatic rings. The van der Waals surface area contributed by atoms with Crippen LogP contribution in [0.1, 0.15) is 48.6 Å². The Morgan fingerprint density at radius 1 is 1.07 bits per heavy atom. The quantitative estimate of drug-likeness (QED) is 0.747. The standard InChI is InChI=1S/C14H23N/c1-9-7-10(2)13(14(4,5)6)11(3)12(9)8-15/h7H,8,15H2,1-6H3. The van der Waals surface area contributed by atoms with Gasteiger partial charge in [-0.2, -0.15) is 0 Å². The summed E-state index contributed by atoms with van der Waals surface area (Å²) in [6.45, 7) is 14.0. The van der Waals surface area contributed by atoms with E-state index >= 15 is 0 Å². The van der Waals surface area contributed by atoms with Crippen molar-refractivity contribution in [3.63, 3.8) is 0 Å². The molecule has 0 heterocycles. The Hall–Kier alpha value is -0.820. The molecule has 0 aliphatic heterocycles. The summed E-state index contributed by atoms with van der Waals surface area (Å²) in [6, 6.07) is 2.26. The second kappa shape index (κ2) is 3.97. The van der Waals surface area contributed by atoms with E-state index in [1.54, 1.807) is 0 Å². The van der Waals surface area contributed by atoms with Crippen LogP contribution >= 0.6 is 0 Å². The van der Waals surface area contributed by atoms with Crippen molar-refractivity contribution in [1.29, 1.82) is 0 Å². The zero-order valence-corrected chi connectivity index (χ0v) is 10.9. The molecule has 1 aromatic carbocycles. The number of hydrogen-bond donors (Lipinski definition) is 1.